The number of amides is 2. The van der Waals surface area contributed by atoms with Gasteiger partial charge in [0.15, 0.2) is 0 Å². The summed E-state index contributed by atoms with van der Waals surface area (Å²) in [7, 11) is 0. The molecule has 0 saturated carbocycles. The lowest BCUT2D eigenvalue weighted by Gasteiger charge is -2.23. The molecule has 0 spiro atoms. The predicted octanol–water partition coefficient (Wildman–Crippen LogP) is 0.498. The molecule has 1 aliphatic heterocycles. The molecule has 2 amide bonds. The van der Waals surface area contributed by atoms with Crippen molar-refractivity contribution < 1.29 is 19.5 Å². The molecule has 0 radical (unpaired) electrons. The highest BCUT2D eigenvalue weighted by Crippen LogP contribution is 2.24. The van der Waals surface area contributed by atoms with Crippen LogP contribution in [0, 0.1) is 0 Å². The molecule has 2 heterocycles. The molecule has 0 saturated heterocycles. The second-order valence-corrected chi connectivity index (χ2v) is 4.71. The molecule has 22 heavy (non-hydrogen) atoms. The molecule has 9 heteroatoms. The molecule has 1 atom stereocenters. The monoisotopic (exact) mass is 301 g/mol. The third kappa shape index (κ3) is 2.51. The summed E-state index contributed by atoms with van der Waals surface area (Å²) in [6.45, 7) is 0. The maximum atomic E-state index is 12.3. The number of nitrogens with one attached hydrogen (secondary N) is 2. The zero-order chi connectivity index (χ0) is 15.7. The van der Waals surface area contributed by atoms with Gasteiger partial charge in [0.25, 0.3) is 0 Å². The van der Waals surface area contributed by atoms with Crippen LogP contribution in [0.1, 0.15) is 22.8 Å². The number of hydrogen-bond donors (Lipinski definition) is 3. The van der Waals surface area contributed by atoms with Crippen LogP contribution in [0.15, 0.2) is 30.6 Å². The minimum absolute atomic E-state index is 0.0461. The Labute approximate surface area is 124 Å². The highest BCUT2D eigenvalue weighted by Gasteiger charge is 2.31. The van der Waals surface area contributed by atoms with Crippen LogP contribution in [0.4, 0.5) is 11.6 Å². The average Bonchev–Trinajstić information content (AvgIpc) is 2.94. The minimum atomic E-state index is -1.09. The van der Waals surface area contributed by atoms with Crippen LogP contribution in [-0.2, 0) is 9.59 Å². The van der Waals surface area contributed by atoms with Gasteiger partial charge in [-0.05, 0) is 18.2 Å². The number of nitrogens with zero attached hydrogens (tertiary/aromatic N) is 3. The molecule has 0 fully saturated rings. The average molecular weight is 301 g/mol. The Balaban J connectivity index is 1.82. The number of hydrogen-bond acceptors (Lipinski definition) is 5. The Morgan fingerprint density at radius 1 is 1.41 bits per heavy atom. The van der Waals surface area contributed by atoms with E-state index < -0.39 is 17.9 Å². The topological polar surface area (TPSA) is 126 Å². The highest BCUT2D eigenvalue weighted by molar-refractivity contribution is 6.01. The lowest BCUT2D eigenvalue weighted by molar-refractivity contribution is -0.125. The lowest BCUT2D eigenvalue weighted by Crippen LogP contribution is -2.35. The smallest absolute Gasteiger partial charge is 0.335 e. The van der Waals surface area contributed by atoms with E-state index in [1.54, 1.807) is 6.07 Å². The molecule has 0 bridgehead atoms. The fraction of sp³-hybridized carbons (Fsp3) is 0.154. The third-order valence-corrected chi connectivity index (χ3v) is 3.22. The molecule has 9 nitrogen and oxygen atoms in total. The van der Waals surface area contributed by atoms with Gasteiger partial charge in [-0.1, -0.05) is 6.07 Å². The van der Waals surface area contributed by atoms with E-state index in [4.69, 9.17) is 5.11 Å². The van der Waals surface area contributed by atoms with Gasteiger partial charge in [0.2, 0.25) is 17.8 Å². The van der Waals surface area contributed by atoms with Crippen LogP contribution in [0.5, 0.6) is 0 Å². The zero-order valence-corrected chi connectivity index (χ0v) is 11.2. The number of carboxylic acids is 1. The van der Waals surface area contributed by atoms with Crippen molar-refractivity contribution in [3.05, 3.63) is 36.2 Å². The van der Waals surface area contributed by atoms with Crippen molar-refractivity contribution in [1.82, 2.24) is 14.8 Å². The summed E-state index contributed by atoms with van der Waals surface area (Å²) in [6, 6.07) is 5.07. The highest BCUT2D eigenvalue weighted by atomic mass is 16.4. The quantitative estimate of drug-likeness (QED) is 0.757. The first-order valence-electron chi connectivity index (χ1n) is 6.38. The van der Waals surface area contributed by atoms with Gasteiger partial charge in [0.05, 0.1) is 12.0 Å². The number of rotatable bonds is 3. The van der Waals surface area contributed by atoms with Crippen LogP contribution in [-0.4, -0.2) is 37.7 Å². The van der Waals surface area contributed by atoms with Crippen LogP contribution < -0.4 is 10.6 Å². The van der Waals surface area contributed by atoms with Crippen LogP contribution in [0.2, 0.25) is 0 Å². The van der Waals surface area contributed by atoms with E-state index >= 15 is 0 Å². The Kier molecular flexibility index (Phi) is 3.30. The summed E-state index contributed by atoms with van der Waals surface area (Å²) in [4.78, 5) is 34.9. The number of carbonyl (C=O) groups is 3. The van der Waals surface area contributed by atoms with Crippen LogP contribution in [0.3, 0.4) is 0 Å². The van der Waals surface area contributed by atoms with Gasteiger partial charge in [-0.15, -0.1) is 10.2 Å². The number of aromatic carboxylic acids is 1. The Bertz CT molecular complexity index is 769. The first-order valence-corrected chi connectivity index (χ1v) is 6.38. The van der Waals surface area contributed by atoms with Crippen LogP contribution >= 0.6 is 0 Å². The van der Waals surface area contributed by atoms with Crippen molar-refractivity contribution in [3.8, 4) is 0 Å². The summed E-state index contributed by atoms with van der Waals surface area (Å²) < 4.78 is 1.46. The largest absolute Gasteiger partial charge is 0.478 e. The first kappa shape index (κ1) is 13.7. The molecule has 0 unspecified atom stereocenters. The van der Waals surface area contributed by atoms with E-state index in [9.17, 15) is 14.4 Å². The summed E-state index contributed by atoms with van der Waals surface area (Å²) in [5.74, 6) is -1.66. The number of benzene rings is 1. The van der Waals surface area contributed by atoms with Gasteiger partial charge in [0.1, 0.15) is 12.4 Å². The summed E-state index contributed by atoms with van der Waals surface area (Å²) in [5, 5.41) is 21.4. The van der Waals surface area contributed by atoms with Crippen molar-refractivity contribution in [1.29, 1.82) is 0 Å². The Morgan fingerprint density at radius 3 is 3.00 bits per heavy atom. The molecule has 1 aliphatic rings. The van der Waals surface area contributed by atoms with Crippen molar-refractivity contribution in [2.24, 2.45) is 0 Å². The van der Waals surface area contributed by atoms with E-state index in [-0.39, 0.29) is 23.8 Å². The van der Waals surface area contributed by atoms with Gasteiger partial charge < -0.3 is 10.4 Å². The number of carbonyl (C=O) groups excluding carboxylic acids is 2. The van der Waals surface area contributed by atoms with Gasteiger partial charge in [-0.2, -0.15) is 0 Å². The second-order valence-electron chi connectivity index (χ2n) is 4.71. The van der Waals surface area contributed by atoms with E-state index in [1.165, 1.54) is 29.1 Å². The molecular formula is C13H11N5O4. The maximum absolute atomic E-state index is 12.3. The van der Waals surface area contributed by atoms with E-state index in [0.29, 0.717) is 5.69 Å². The summed E-state index contributed by atoms with van der Waals surface area (Å²) in [6.07, 6.45) is 1.31. The Hall–Kier alpha value is -3.23. The van der Waals surface area contributed by atoms with Crippen molar-refractivity contribution >= 4 is 29.4 Å². The molecule has 1 aromatic heterocycles. The minimum Gasteiger partial charge on any atom is -0.478 e. The van der Waals surface area contributed by atoms with Gasteiger partial charge in [0, 0.05) is 5.69 Å². The summed E-state index contributed by atoms with van der Waals surface area (Å²) in [5.41, 5.74) is 0.398. The van der Waals surface area contributed by atoms with Gasteiger partial charge >= 0.3 is 5.97 Å². The third-order valence-electron chi connectivity index (χ3n) is 3.22. The number of fused-ring (bicyclic) bond motifs is 1. The first-order chi connectivity index (χ1) is 10.5. The summed E-state index contributed by atoms with van der Waals surface area (Å²) >= 11 is 0. The van der Waals surface area contributed by atoms with Gasteiger partial charge in [-0.3, -0.25) is 19.5 Å². The van der Waals surface area contributed by atoms with E-state index in [1.807, 2.05) is 0 Å². The fourth-order valence-corrected chi connectivity index (χ4v) is 2.18. The molecule has 3 N–H and O–H groups in total. The van der Waals surface area contributed by atoms with Crippen LogP contribution in [0.25, 0.3) is 0 Å². The lowest BCUT2D eigenvalue weighted by atomic mass is 10.1. The van der Waals surface area contributed by atoms with Crippen molar-refractivity contribution in [2.45, 2.75) is 12.5 Å². The Morgan fingerprint density at radius 2 is 2.23 bits per heavy atom. The zero-order valence-electron chi connectivity index (χ0n) is 11.2. The van der Waals surface area contributed by atoms with Crippen molar-refractivity contribution in [3.63, 3.8) is 0 Å². The van der Waals surface area contributed by atoms with Gasteiger partial charge in [-0.25, -0.2) is 4.79 Å². The molecule has 0 aliphatic carbocycles. The molecular weight excluding hydrogens is 290 g/mol. The molecule has 2 aromatic rings. The van der Waals surface area contributed by atoms with E-state index in [0.717, 1.165) is 0 Å². The predicted molar refractivity (Wildman–Crippen MR) is 74.3 cm³/mol. The molecule has 1 aromatic carbocycles. The fourth-order valence-electron chi connectivity index (χ4n) is 2.18. The number of carboxylic acid groups (broad SMARTS) is 1. The molecule has 112 valence electrons. The standard InChI is InChI=1S/C13H11N5O4/c19-10-5-9(18-6-14-17-13(18)16-10)11(20)15-8-3-1-2-7(4-8)12(21)22/h1-4,6,9H,5H2,(H,15,20)(H,21,22)(H,16,17,19)/t9-/m0/s1. The maximum Gasteiger partial charge on any atom is 0.335 e. The SMILES string of the molecule is O=C1C[C@@H](C(=O)Nc2cccc(C(=O)O)c2)n2cnnc2N1. The number of anilines is 2. The second kappa shape index (κ2) is 5.28. The molecule has 3 rings (SSSR count). The van der Waals surface area contributed by atoms with Crippen molar-refractivity contribution in [2.75, 3.05) is 10.6 Å². The normalized spacial score (nSPS) is 16.5. The van der Waals surface area contributed by atoms with E-state index in [2.05, 4.69) is 20.8 Å². The number of aromatic nitrogens is 3.